The van der Waals surface area contributed by atoms with Crippen molar-refractivity contribution in [1.29, 1.82) is 0 Å². The minimum Gasteiger partial charge on any atom is -0.415 e. The number of aryl methyl sites for hydroxylation is 2. The van der Waals surface area contributed by atoms with E-state index in [-0.39, 0.29) is 0 Å². The second-order valence-corrected chi connectivity index (χ2v) is 14.7. The second-order valence-electron chi connectivity index (χ2n) is 10.2. The third-order valence-corrected chi connectivity index (χ3v) is 6.99. The Bertz CT molecular complexity index is 738. The lowest BCUT2D eigenvalue weighted by atomic mass is 10.0. The van der Waals surface area contributed by atoms with E-state index >= 15 is 0 Å². The first kappa shape index (κ1) is 26.7. The van der Waals surface area contributed by atoms with Crippen molar-refractivity contribution in [3.63, 3.8) is 0 Å². The minimum absolute atomic E-state index is 0.324. The summed E-state index contributed by atoms with van der Waals surface area (Å²) in [5, 5.41) is 0. The van der Waals surface area contributed by atoms with E-state index in [1.807, 2.05) is 12.4 Å². The molecule has 2 aromatic rings. The summed E-state index contributed by atoms with van der Waals surface area (Å²) >= 11 is 0. The SMILES string of the molecule is CCCCCCCCCCc1ccc(-c2cnc(CCCC(C)O[Si](C)(C)C)nc2)cc1. The topological polar surface area (TPSA) is 35.0 Å². The van der Waals surface area contributed by atoms with E-state index in [4.69, 9.17) is 4.43 Å². The molecule has 0 saturated heterocycles. The van der Waals surface area contributed by atoms with Crippen LogP contribution in [-0.2, 0) is 17.3 Å². The number of hydrogen-bond acceptors (Lipinski definition) is 3. The van der Waals surface area contributed by atoms with Crippen LogP contribution >= 0.6 is 0 Å². The number of aromatic nitrogens is 2. The van der Waals surface area contributed by atoms with Crippen LogP contribution in [0.5, 0.6) is 0 Å². The molecule has 2 rings (SSSR count). The maximum absolute atomic E-state index is 6.11. The lowest BCUT2D eigenvalue weighted by molar-refractivity contribution is 0.200. The van der Waals surface area contributed by atoms with Crippen molar-refractivity contribution in [2.24, 2.45) is 0 Å². The molecule has 1 heterocycles. The van der Waals surface area contributed by atoms with Crippen LogP contribution in [0, 0.1) is 0 Å². The highest BCUT2D eigenvalue weighted by atomic mass is 28.4. The minimum atomic E-state index is -1.45. The standard InChI is InChI=1S/C28H46N2OSi/c1-6-7-8-9-10-11-12-13-16-25-18-20-26(21-19-25)27-22-29-28(30-23-27)17-14-15-24(2)31-32(3,4)5/h18-24H,6-17H2,1-5H3. The van der Waals surface area contributed by atoms with Gasteiger partial charge in [-0.3, -0.25) is 0 Å². The number of benzene rings is 1. The van der Waals surface area contributed by atoms with Gasteiger partial charge in [0.25, 0.3) is 0 Å². The second kappa shape index (κ2) is 14.6. The lowest BCUT2D eigenvalue weighted by Gasteiger charge is -2.23. The number of nitrogens with zero attached hydrogens (tertiary/aromatic N) is 2. The highest BCUT2D eigenvalue weighted by Crippen LogP contribution is 2.20. The van der Waals surface area contributed by atoms with Gasteiger partial charge in [0, 0.05) is 30.5 Å². The van der Waals surface area contributed by atoms with Gasteiger partial charge in [-0.2, -0.15) is 0 Å². The first-order valence-corrected chi connectivity index (χ1v) is 16.4. The Hall–Kier alpha value is -1.52. The van der Waals surface area contributed by atoms with Gasteiger partial charge in [0.2, 0.25) is 0 Å². The van der Waals surface area contributed by atoms with Crippen LogP contribution in [0.2, 0.25) is 19.6 Å². The van der Waals surface area contributed by atoms with Crippen LogP contribution in [0.25, 0.3) is 11.1 Å². The molecule has 1 aromatic carbocycles. The van der Waals surface area contributed by atoms with Crippen molar-refractivity contribution in [3.8, 4) is 11.1 Å². The molecule has 1 unspecified atom stereocenters. The first-order chi connectivity index (χ1) is 15.4. The van der Waals surface area contributed by atoms with Gasteiger partial charge in [-0.05, 0) is 63.4 Å². The summed E-state index contributed by atoms with van der Waals surface area (Å²) in [5.74, 6) is 0.931. The van der Waals surface area contributed by atoms with Crippen LogP contribution < -0.4 is 0 Å². The van der Waals surface area contributed by atoms with Crippen molar-refractivity contribution in [2.75, 3.05) is 0 Å². The predicted octanol–water partition coefficient (Wildman–Crippen LogP) is 8.39. The molecule has 1 aromatic heterocycles. The number of hydrogen-bond donors (Lipinski definition) is 0. The molecule has 0 bridgehead atoms. The molecule has 0 aliphatic rings. The predicted molar refractivity (Wildman–Crippen MR) is 141 cm³/mol. The molecule has 0 amide bonds. The van der Waals surface area contributed by atoms with E-state index in [0.29, 0.717) is 6.10 Å². The van der Waals surface area contributed by atoms with Crippen LogP contribution in [-0.4, -0.2) is 24.4 Å². The van der Waals surface area contributed by atoms with Crippen LogP contribution in [0.1, 0.15) is 89.4 Å². The van der Waals surface area contributed by atoms with Crippen LogP contribution in [0.4, 0.5) is 0 Å². The molecule has 1 atom stereocenters. The molecule has 0 aliphatic heterocycles. The summed E-state index contributed by atoms with van der Waals surface area (Å²) in [7, 11) is -1.45. The fourth-order valence-corrected chi connectivity index (χ4v) is 5.49. The van der Waals surface area contributed by atoms with Gasteiger partial charge < -0.3 is 4.43 Å². The Morgan fingerprint density at radius 3 is 1.94 bits per heavy atom. The van der Waals surface area contributed by atoms with E-state index in [9.17, 15) is 0 Å². The zero-order chi connectivity index (χ0) is 23.2. The van der Waals surface area contributed by atoms with E-state index in [1.54, 1.807) is 0 Å². The van der Waals surface area contributed by atoms with Gasteiger partial charge in [0.05, 0.1) is 0 Å². The Morgan fingerprint density at radius 1 is 0.750 bits per heavy atom. The normalized spacial score (nSPS) is 12.8. The van der Waals surface area contributed by atoms with Gasteiger partial charge in [0.15, 0.2) is 8.32 Å². The largest absolute Gasteiger partial charge is 0.415 e. The summed E-state index contributed by atoms with van der Waals surface area (Å²) in [5.41, 5.74) is 3.74. The fraction of sp³-hybridized carbons (Fsp3) is 0.643. The number of unbranched alkanes of at least 4 members (excludes halogenated alkanes) is 7. The third-order valence-electron chi connectivity index (χ3n) is 5.88. The Labute approximate surface area is 198 Å². The zero-order valence-corrected chi connectivity index (χ0v) is 22.3. The van der Waals surface area contributed by atoms with E-state index in [1.165, 1.54) is 68.9 Å². The number of rotatable bonds is 16. The van der Waals surface area contributed by atoms with Crippen molar-refractivity contribution in [1.82, 2.24) is 9.97 Å². The summed E-state index contributed by atoms with van der Waals surface area (Å²) in [6.45, 7) is 11.2. The molecule has 3 nitrogen and oxygen atoms in total. The Kier molecular flexibility index (Phi) is 12.2. The van der Waals surface area contributed by atoms with Gasteiger partial charge in [0.1, 0.15) is 5.82 Å². The molecule has 0 spiro atoms. The molecular weight excluding hydrogens is 408 g/mol. The highest BCUT2D eigenvalue weighted by Gasteiger charge is 2.17. The summed E-state index contributed by atoms with van der Waals surface area (Å²) in [6, 6.07) is 8.97. The summed E-state index contributed by atoms with van der Waals surface area (Å²) in [6.07, 6.45) is 19.5. The molecule has 0 aliphatic carbocycles. The Morgan fingerprint density at radius 2 is 1.34 bits per heavy atom. The van der Waals surface area contributed by atoms with Crippen molar-refractivity contribution < 1.29 is 4.43 Å². The van der Waals surface area contributed by atoms with Gasteiger partial charge >= 0.3 is 0 Å². The highest BCUT2D eigenvalue weighted by molar-refractivity contribution is 6.69. The van der Waals surface area contributed by atoms with Crippen LogP contribution in [0.15, 0.2) is 36.7 Å². The molecule has 0 saturated carbocycles. The molecule has 4 heteroatoms. The van der Waals surface area contributed by atoms with Gasteiger partial charge in [-0.15, -0.1) is 0 Å². The molecular formula is C28H46N2OSi. The summed E-state index contributed by atoms with van der Waals surface area (Å²) in [4.78, 5) is 9.20. The maximum atomic E-state index is 6.11. The van der Waals surface area contributed by atoms with Gasteiger partial charge in [-0.25, -0.2) is 9.97 Å². The molecule has 0 fully saturated rings. The quantitative estimate of drug-likeness (QED) is 0.189. The summed E-state index contributed by atoms with van der Waals surface area (Å²) < 4.78 is 6.11. The average molecular weight is 455 g/mol. The zero-order valence-electron chi connectivity index (χ0n) is 21.3. The molecule has 0 radical (unpaired) electrons. The van der Waals surface area contributed by atoms with E-state index in [0.717, 1.165) is 30.7 Å². The first-order valence-electron chi connectivity index (χ1n) is 13.0. The molecule has 0 N–H and O–H groups in total. The van der Waals surface area contributed by atoms with Crippen molar-refractivity contribution in [2.45, 2.75) is 117 Å². The third kappa shape index (κ3) is 11.4. The van der Waals surface area contributed by atoms with E-state index in [2.05, 4.69) is 67.7 Å². The van der Waals surface area contributed by atoms with Crippen LogP contribution in [0.3, 0.4) is 0 Å². The molecule has 178 valence electrons. The monoisotopic (exact) mass is 454 g/mol. The smallest absolute Gasteiger partial charge is 0.184 e. The fourth-order valence-electron chi connectivity index (χ4n) is 4.17. The molecule has 32 heavy (non-hydrogen) atoms. The van der Waals surface area contributed by atoms with Crippen molar-refractivity contribution >= 4 is 8.32 Å². The van der Waals surface area contributed by atoms with Gasteiger partial charge in [-0.1, -0.05) is 76.1 Å². The van der Waals surface area contributed by atoms with E-state index < -0.39 is 8.32 Å². The maximum Gasteiger partial charge on any atom is 0.184 e. The van der Waals surface area contributed by atoms with Crippen molar-refractivity contribution in [3.05, 3.63) is 48.0 Å². The average Bonchev–Trinajstić information content (AvgIpc) is 2.75. The lowest BCUT2D eigenvalue weighted by Crippen LogP contribution is -2.30. The Balaban J connectivity index is 1.69.